The molecule has 0 aromatic heterocycles. The van der Waals surface area contributed by atoms with Crippen LogP contribution in [0.2, 0.25) is 0 Å². The molecule has 7 heteroatoms. The van der Waals surface area contributed by atoms with E-state index in [1.807, 2.05) is 4.72 Å². The van der Waals surface area contributed by atoms with Crippen molar-refractivity contribution in [3.8, 4) is 6.07 Å². The smallest absolute Gasteiger partial charge is 0.321 e. The molecule has 0 radical (unpaired) electrons. The van der Waals surface area contributed by atoms with E-state index in [4.69, 9.17) is 10.4 Å². The van der Waals surface area contributed by atoms with Crippen molar-refractivity contribution < 1.29 is 18.3 Å². The summed E-state index contributed by atoms with van der Waals surface area (Å²) in [5, 5.41) is 16.8. The summed E-state index contributed by atoms with van der Waals surface area (Å²) in [7, 11) is -3.79. The fourth-order valence-electron chi connectivity index (χ4n) is 0.865. The number of rotatable bonds is 6. The second kappa shape index (κ2) is 5.57. The Morgan fingerprint density at radius 1 is 1.64 bits per heavy atom. The van der Waals surface area contributed by atoms with Gasteiger partial charge in [0.1, 0.15) is 6.04 Å². The van der Waals surface area contributed by atoms with Gasteiger partial charge in [0, 0.05) is 0 Å². The predicted octanol–water partition coefficient (Wildman–Crippen LogP) is -0.317. The molecule has 0 aliphatic heterocycles. The van der Waals surface area contributed by atoms with Crippen molar-refractivity contribution in [1.82, 2.24) is 4.72 Å². The van der Waals surface area contributed by atoms with Crippen molar-refractivity contribution in [2.45, 2.75) is 25.8 Å². The molecule has 0 saturated carbocycles. The average molecular weight is 220 g/mol. The van der Waals surface area contributed by atoms with E-state index in [0.717, 1.165) is 0 Å². The van der Waals surface area contributed by atoms with Crippen LogP contribution in [0.1, 0.15) is 19.8 Å². The summed E-state index contributed by atoms with van der Waals surface area (Å²) in [6.45, 7) is 1.74. The number of nitrogens with zero attached hydrogens (tertiary/aromatic N) is 1. The highest BCUT2D eigenvalue weighted by Crippen LogP contribution is 1.99. The standard InChI is InChI=1S/C7H12N2O4S/c1-2-3-6(7(10)11)9-14(12,13)5-4-8/h6,9H,2-3,5H2,1H3,(H,10,11). The summed E-state index contributed by atoms with van der Waals surface area (Å²) in [5.41, 5.74) is 0. The fraction of sp³-hybridized carbons (Fsp3) is 0.714. The van der Waals surface area contributed by atoms with E-state index in [1.165, 1.54) is 6.07 Å². The number of hydrogen-bond acceptors (Lipinski definition) is 4. The lowest BCUT2D eigenvalue weighted by molar-refractivity contribution is -0.139. The number of carboxylic acid groups (broad SMARTS) is 1. The van der Waals surface area contributed by atoms with E-state index in [1.54, 1.807) is 6.92 Å². The molecule has 2 N–H and O–H groups in total. The van der Waals surface area contributed by atoms with Crippen molar-refractivity contribution in [2.75, 3.05) is 5.75 Å². The lowest BCUT2D eigenvalue weighted by Gasteiger charge is -2.11. The van der Waals surface area contributed by atoms with Crippen LogP contribution >= 0.6 is 0 Å². The van der Waals surface area contributed by atoms with Crippen molar-refractivity contribution in [3.05, 3.63) is 0 Å². The van der Waals surface area contributed by atoms with Crippen LogP contribution in [0.5, 0.6) is 0 Å². The molecule has 1 unspecified atom stereocenters. The van der Waals surface area contributed by atoms with Gasteiger partial charge in [0.25, 0.3) is 0 Å². The summed E-state index contributed by atoms with van der Waals surface area (Å²) in [6, 6.07) is 0.311. The Labute approximate surface area is 82.6 Å². The first-order chi connectivity index (χ1) is 6.43. The van der Waals surface area contributed by atoms with E-state index in [9.17, 15) is 13.2 Å². The molecule has 6 nitrogen and oxygen atoms in total. The van der Waals surface area contributed by atoms with Gasteiger partial charge in [0.05, 0.1) is 6.07 Å². The molecule has 0 spiro atoms. The van der Waals surface area contributed by atoms with E-state index >= 15 is 0 Å². The molecule has 0 amide bonds. The van der Waals surface area contributed by atoms with Crippen LogP contribution in [0.4, 0.5) is 0 Å². The first-order valence-corrected chi connectivity index (χ1v) is 5.68. The summed E-state index contributed by atoms with van der Waals surface area (Å²) in [5.74, 6) is -1.95. The third-order valence-corrected chi connectivity index (χ3v) is 2.60. The predicted molar refractivity (Wildman–Crippen MR) is 48.9 cm³/mol. The lowest BCUT2D eigenvalue weighted by atomic mass is 10.2. The summed E-state index contributed by atoms with van der Waals surface area (Å²) < 4.78 is 24.0. The minimum Gasteiger partial charge on any atom is -0.480 e. The quantitative estimate of drug-likeness (QED) is 0.638. The number of nitrogens with one attached hydrogen (secondary N) is 1. The largest absolute Gasteiger partial charge is 0.480 e. The van der Waals surface area contributed by atoms with Crippen molar-refractivity contribution in [1.29, 1.82) is 5.26 Å². The second-order valence-electron chi connectivity index (χ2n) is 2.71. The van der Waals surface area contributed by atoms with Gasteiger partial charge >= 0.3 is 5.97 Å². The molecule has 0 saturated heterocycles. The Hall–Kier alpha value is -1.13. The van der Waals surface area contributed by atoms with Crippen LogP contribution in [0, 0.1) is 11.3 Å². The number of nitriles is 1. The molecule has 0 aromatic rings. The van der Waals surface area contributed by atoms with Crippen LogP contribution in [-0.2, 0) is 14.8 Å². The highest BCUT2D eigenvalue weighted by Gasteiger charge is 2.22. The van der Waals surface area contributed by atoms with E-state index in [-0.39, 0.29) is 6.42 Å². The Kier molecular flexibility index (Phi) is 5.12. The van der Waals surface area contributed by atoms with Crippen LogP contribution in [0.25, 0.3) is 0 Å². The molecular formula is C7H12N2O4S. The van der Waals surface area contributed by atoms with E-state index in [2.05, 4.69) is 0 Å². The maximum Gasteiger partial charge on any atom is 0.321 e. The number of sulfonamides is 1. The molecule has 0 aliphatic rings. The van der Waals surface area contributed by atoms with E-state index in [0.29, 0.717) is 6.42 Å². The van der Waals surface area contributed by atoms with Gasteiger partial charge in [-0.05, 0) is 6.42 Å². The molecule has 0 heterocycles. The molecule has 80 valence electrons. The van der Waals surface area contributed by atoms with E-state index < -0.39 is 27.8 Å². The molecule has 0 fully saturated rings. The zero-order valence-electron chi connectivity index (χ0n) is 7.73. The number of hydrogen-bond donors (Lipinski definition) is 2. The highest BCUT2D eigenvalue weighted by molar-refractivity contribution is 7.89. The van der Waals surface area contributed by atoms with Gasteiger partial charge in [-0.1, -0.05) is 13.3 Å². The van der Waals surface area contributed by atoms with Crippen LogP contribution < -0.4 is 4.72 Å². The van der Waals surface area contributed by atoms with Gasteiger partial charge < -0.3 is 5.11 Å². The van der Waals surface area contributed by atoms with Gasteiger partial charge in [-0.15, -0.1) is 0 Å². The van der Waals surface area contributed by atoms with Crippen LogP contribution in [-0.4, -0.2) is 31.3 Å². The minimum atomic E-state index is -3.79. The van der Waals surface area contributed by atoms with Crippen molar-refractivity contribution >= 4 is 16.0 Å². The summed E-state index contributed by atoms with van der Waals surface area (Å²) in [6.07, 6.45) is 0.756. The van der Waals surface area contributed by atoms with Crippen molar-refractivity contribution in [2.24, 2.45) is 0 Å². The molecule has 0 rings (SSSR count). The molecule has 0 aliphatic carbocycles. The third kappa shape index (κ3) is 4.79. The molecule has 0 aromatic carbocycles. The van der Waals surface area contributed by atoms with Gasteiger partial charge in [-0.25, -0.2) is 13.1 Å². The Balaban J connectivity index is 4.46. The highest BCUT2D eigenvalue weighted by atomic mass is 32.2. The molecule has 0 bridgehead atoms. The van der Waals surface area contributed by atoms with Crippen LogP contribution in [0.3, 0.4) is 0 Å². The first kappa shape index (κ1) is 12.9. The SMILES string of the molecule is CCCC(NS(=O)(=O)CC#N)C(=O)O. The monoisotopic (exact) mass is 220 g/mol. The van der Waals surface area contributed by atoms with Gasteiger partial charge in [-0.2, -0.15) is 5.26 Å². The minimum absolute atomic E-state index is 0.208. The lowest BCUT2D eigenvalue weighted by Crippen LogP contribution is -2.41. The number of aliphatic carboxylic acids is 1. The van der Waals surface area contributed by atoms with Gasteiger partial charge in [0.2, 0.25) is 10.0 Å². The van der Waals surface area contributed by atoms with Crippen LogP contribution in [0.15, 0.2) is 0 Å². The maximum atomic E-state index is 11.0. The first-order valence-electron chi connectivity index (χ1n) is 4.02. The third-order valence-electron chi connectivity index (χ3n) is 1.45. The summed E-state index contributed by atoms with van der Waals surface area (Å²) in [4.78, 5) is 10.6. The Bertz CT molecular complexity index is 330. The molecule has 1 atom stereocenters. The molecular weight excluding hydrogens is 208 g/mol. The zero-order valence-corrected chi connectivity index (χ0v) is 8.54. The normalized spacial score (nSPS) is 13.1. The summed E-state index contributed by atoms with van der Waals surface area (Å²) >= 11 is 0. The Morgan fingerprint density at radius 2 is 2.21 bits per heavy atom. The maximum absolute atomic E-state index is 11.0. The van der Waals surface area contributed by atoms with Gasteiger partial charge in [-0.3, -0.25) is 4.79 Å². The second-order valence-corrected chi connectivity index (χ2v) is 4.47. The van der Waals surface area contributed by atoms with Gasteiger partial charge in [0.15, 0.2) is 5.75 Å². The Morgan fingerprint density at radius 3 is 2.57 bits per heavy atom. The number of carboxylic acids is 1. The zero-order chi connectivity index (χ0) is 11.2. The average Bonchev–Trinajstić information content (AvgIpc) is 2.02. The van der Waals surface area contributed by atoms with Crippen molar-refractivity contribution in [3.63, 3.8) is 0 Å². The molecule has 14 heavy (non-hydrogen) atoms. The number of carbonyl (C=O) groups is 1. The topological polar surface area (TPSA) is 107 Å². The fourth-order valence-corrected chi connectivity index (χ4v) is 1.77.